The average molecular weight is 258 g/mol. The van der Waals surface area contributed by atoms with Crippen LogP contribution in [0.2, 0.25) is 0 Å². The predicted octanol–water partition coefficient (Wildman–Crippen LogP) is 3.06. The second-order valence-electron chi connectivity index (χ2n) is 4.97. The third kappa shape index (κ3) is 2.73. The Hall–Kier alpha value is -1.33. The van der Waals surface area contributed by atoms with Crippen molar-refractivity contribution >= 4 is 5.78 Å². The van der Waals surface area contributed by atoms with Gasteiger partial charge in [-0.3, -0.25) is 4.79 Å². The highest BCUT2D eigenvalue weighted by atomic mass is 19.3. The molecule has 1 heterocycles. The molecule has 0 radical (unpaired) electrons. The van der Waals surface area contributed by atoms with E-state index in [0.29, 0.717) is 18.7 Å². The molecule has 4 nitrogen and oxygen atoms in total. The summed E-state index contributed by atoms with van der Waals surface area (Å²) in [5.41, 5.74) is 0. The monoisotopic (exact) mass is 258 g/mol. The Morgan fingerprint density at radius 2 is 2.28 bits per heavy atom. The van der Waals surface area contributed by atoms with Crippen LogP contribution in [0.1, 0.15) is 63.1 Å². The Kier molecular flexibility index (Phi) is 3.45. The van der Waals surface area contributed by atoms with Gasteiger partial charge in [0.15, 0.2) is 5.82 Å². The highest BCUT2D eigenvalue weighted by molar-refractivity contribution is 5.81. The molecule has 1 aromatic heterocycles. The maximum absolute atomic E-state index is 13.3. The van der Waals surface area contributed by atoms with Crippen LogP contribution in [0.5, 0.6) is 0 Å². The van der Waals surface area contributed by atoms with Crippen LogP contribution in [0.3, 0.4) is 0 Å². The van der Waals surface area contributed by atoms with E-state index < -0.39 is 11.8 Å². The van der Waals surface area contributed by atoms with Crippen molar-refractivity contribution in [2.75, 3.05) is 0 Å². The molecule has 0 N–H and O–H groups in total. The highest BCUT2D eigenvalue weighted by Crippen LogP contribution is 2.40. The van der Waals surface area contributed by atoms with Gasteiger partial charge in [0.1, 0.15) is 5.78 Å². The first-order chi connectivity index (χ1) is 8.39. The van der Waals surface area contributed by atoms with Crippen molar-refractivity contribution in [3.05, 3.63) is 11.7 Å². The van der Waals surface area contributed by atoms with Crippen molar-refractivity contribution in [2.24, 2.45) is 0 Å². The lowest BCUT2D eigenvalue weighted by atomic mass is 9.86. The van der Waals surface area contributed by atoms with E-state index in [9.17, 15) is 13.6 Å². The summed E-state index contributed by atoms with van der Waals surface area (Å²) in [5.74, 6) is -3.06. The average Bonchev–Trinajstić information content (AvgIpc) is 2.75. The van der Waals surface area contributed by atoms with Crippen molar-refractivity contribution < 1.29 is 18.1 Å². The summed E-state index contributed by atoms with van der Waals surface area (Å²) in [5, 5.41) is 3.74. The van der Waals surface area contributed by atoms with E-state index in [2.05, 4.69) is 10.1 Å². The molecule has 2 atom stereocenters. The second-order valence-corrected chi connectivity index (χ2v) is 4.97. The molecule has 1 aromatic rings. The molecular weight excluding hydrogens is 242 g/mol. The van der Waals surface area contributed by atoms with Crippen molar-refractivity contribution in [2.45, 2.75) is 57.3 Å². The Labute approximate surface area is 104 Å². The summed E-state index contributed by atoms with van der Waals surface area (Å²) in [6.45, 7) is 3.10. The molecule has 0 amide bonds. The molecule has 100 valence electrons. The third-order valence-electron chi connectivity index (χ3n) is 3.44. The zero-order chi connectivity index (χ0) is 13.3. The number of rotatable bonds is 3. The predicted molar refractivity (Wildman–Crippen MR) is 59.6 cm³/mol. The van der Waals surface area contributed by atoms with Gasteiger partial charge in [0.05, 0.1) is 5.92 Å². The number of hydrogen-bond donors (Lipinski definition) is 0. The number of Topliss-reactive ketones (excluding diaryl/α,β-unsaturated/α-hetero) is 1. The Balaban J connectivity index is 2.12. The number of aromatic nitrogens is 2. The third-order valence-corrected chi connectivity index (χ3v) is 3.44. The van der Waals surface area contributed by atoms with Crippen LogP contribution in [0.15, 0.2) is 4.52 Å². The first kappa shape index (κ1) is 13.1. The van der Waals surface area contributed by atoms with Crippen LogP contribution in [0.4, 0.5) is 8.78 Å². The van der Waals surface area contributed by atoms with E-state index in [1.807, 2.05) is 0 Å². The minimum atomic E-state index is -2.64. The summed E-state index contributed by atoms with van der Waals surface area (Å²) >= 11 is 0. The molecule has 2 rings (SSSR count). The van der Waals surface area contributed by atoms with Crippen LogP contribution in [0.25, 0.3) is 0 Å². The number of nitrogens with zero attached hydrogens (tertiary/aromatic N) is 2. The summed E-state index contributed by atoms with van der Waals surface area (Å²) in [7, 11) is 0. The fraction of sp³-hybridized carbons (Fsp3) is 0.750. The van der Waals surface area contributed by atoms with Gasteiger partial charge in [-0.15, -0.1) is 0 Å². The minimum Gasteiger partial charge on any atom is -0.339 e. The van der Waals surface area contributed by atoms with Gasteiger partial charge in [-0.1, -0.05) is 5.16 Å². The fourth-order valence-corrected chi connectivity index (χ4v) is 2.15. The molecular formula is C12H16F2N2O2. The number of carbonyl (C=O) groups is 1. The number of hydrogen-bond acceptors (Lipinski definition) is 4. The SMILES string of the molecule is CC(=O)C(C)c1nc(C2CCCC(F)(F)C2)no1. The van der Waals surface area contributed by atoms with Gasteiger partial charge in [-0.05, 0) is 26.7 Å². The largest absolute Gasteiger partial charge is 0.339 e. The van der Waals surface area contributed by atoms with Gasteiger partial charge in [-0.2, -0.15) is 4.98 Å². The molecule has 18 heavy (non-hydrogen) atoms. The zero-order valence-corrected chi connectivity index (χ0v) is 10.4. The maximum atomic E-state index is 13.3. The number of alkyl halides is 2. The lowest BCUT2D eigenvalue weighted by Gasteiger charge is -2.26. The molecule has 1 aliphatic carbocycles. The quantitative estimate of drug-likeness (QED) is 0.836. The van der Waals surface area contributed by atoms with Crippen LogP contribution < -0.4 is 0 Å². The lowest BCUT2D eigenvalue weighted by Crippen LogP contribution is -2.25. The molecule has 0 bridgehead atoms. The van der Waals surface area contributed by atoms with E-state index in [0.717, 1.165) is 0 Å². The molecule has 0 saturated heterocycles. The van der Waals surface area contributed by atoms with Crippen LogP contribution in [0, 0.1) is 0 Å². The van der Waals surface area contributed by atoms with E-state index in [4.69, 9.17) is 4.52 Å². The molecule has 0 aromatic carbocycles. The van der Waals surface area contributed by atoms with Crippen molar-refractivity contribution in [3.63, 3.8) is 0 Å². The Bertz CT molecular complexity index is 445. The van der Waals surface area contributed by atoms with E-state index in [1.54, 1.807) is 6.92 Å². The van der Waals surface area contributed by atoms with Gasteiger partial charge in [0, 0.05) is 18.8 Å². The van der Waals surface area contributed by atoms with Crippen LogP contribution >= 0.6 is 0 Å². The molecule has 0 aliphatic heterocycles. The molecule has 6 heteroatoms. The summed E-state index contributed by atoms with van der Waals surface area (Å²) in [6, 6.07) is 0. The topological polar surface area (TPSA) is 56.0 Å². The van der Waals surface area contributed by atoms with Gasteiger partial charge >= 0.3 is 0 Å². The van der Waals surface area contributed by atoms with Gasteiger partial charge in [-0.25, -0.2) is 8.78 Å². The lowest BCUT2D eigenvalue weighted by molar-refractivity contribution is -0.118. The summed E-state index contributed by atoms with van der Waals surface area (Å²) in [4.78, 5) is 15.3. The number of halogens is 2. The molecule has 1 fully saturated rings. The van der Waals surface area contributed by atoms with Crippen LogP contribution in [-0.4, -0.2) is 21.8 Å². The second kappa shape index (κ2) is 4.74. The standard InChI is InChI=1S/C12H16F2N2O2/c1-7(8(2)17)11-15-10(16-18-11)9-4-3-5-12(13,14)6-9/h7,9H,3-6H2,1-2H3. The van der Waals surface area contributed by atoms with E-state index in [1.165, 1.54) is 6.92 Å². The maximum Gasteiger partial charge on any atom is 0.248 e. The summed E-state index contributed by atoms with van der Waals surface area (Å²) < 4.78 is 31.6. The fourth-order valence-electron chi connectivity index (χ4n) is 2.15. The van der Waals surface area contributed by atoms with Crippen molar-refractivity contribution in [3.8, 4) is 0 Å². The first-order valence-electron chi connectivity index (χ1n) is 6.11. The van der Waals surface area contributed by atoms with Gasteiger partial charge < -0.3 is 4.52 Å². The first-order valence-corrected chi connectivity index (χ1v) is 6.11. The molecule has 1 saturated carbocycles. The van der Waals surface area contributed by atoms with Gasteiger partial charge in [0.25, 0.3) is 0 Å². The van der Waals surface area contributed by atoms with Gasteiger partial charge in [0.2, 0.25) is 11.8 Å². The molecule has 1 aliphatic rings. The smallest absolute Gasteiger partial charge is 0.248 e. The normalized spacial score (nSPS) is 24.8. The van der Waals surface area contributed by atoms with E-state index >= 15 is 0 Å². The highest BCUT2D eigenvalue weighted by Gasteiger charge is 2.38. The number of ketones is 1. The van der Waals surface area contributed by atoms with E-state index in [-0.39, 0.29) is 30.4 Å². The van der Waals surface area contributed by atoms with Crippen molar-refractivity contribution in [1.29, 1.82) is 0 Å². The zero-order valence-electron chi connectivity index (χ0n) is 10.4. The Morgan fingerprint density at radius 1 is 1.56 bits per heavy atom. The molecule has 2 unspecified atom stereocenters. The van der Waals surface area contributed by atoms with Crippen molar-refractivity contribution in [1.82, 2.24) is 10.1 Å². The Morgan fingerprint density at radius 3 is 2.89 bits per heavy atom. The summed E-state index contributed by atoms with van der Waals surface area (Å²) in [6.07, 6.45) is 0.797. The minimum absolute atomic E-state index is 0.0714. The molecule has 0 spiro atoms. The van der Waals surface area contributed by atoms with Crippen LogP contribution in [-0.2, 0) is 4.79 Å². The number of carbonyl (C=O) groups excluding carboxylic acids is 1.